The molecule has 2 aromatic rings. The molecule has 0 heterocycles. The third kappa shape index (κ3) is 5.78. The average Bonchev–Trinajstić information content (AvgIpc) is 2.66. The van der Waals surface area contributed by atoms with E-state index in [1.54, 1.807) is 0 Å². The molecule has 0 aliphatic rings. The van der Waals surface area contributed by atoms with Gasteiger partial charge < -0.3 is 15.4 Å². The summed E-state index contributed by atoms with van der Waals surface area (Å²) in [7, 11) is 0. The van der Waals surface area contributed by atoms with Crippen molar-refractivity contribution in [1.29, 1.82) is 0 Å². The van der Waals surface area contributed by atoms with Crippen molar-refractivity contribution in [3.05, 3.63) is 69.2 Å². The Labute approximate surface area is 164 Å². The first-order valence-electron chi connectivity index (χ1n) is 8.04. The van der Waals surface area contributed by atoms with E-state index in [-0.39, 0.29) is 11.4 Å². The highest BCUT2D eigenvalue weighted by Crippen LogP contribution is 2.22. The van der Waals surface area contributed by atoms with Crippen LogP contribution in [-0.2, 0) is 14.3 Å². The summed E-state index contributed by atoms with van der Waals surface area (Å²) in [5, 5.41) is 16.1. The van der Waals surface area contributed by atoms with Crippen LogP contribution in [0.3, 0.4) is 0 Å². The van der Waals surface area contributed by atoms with Gasteiger partial charge in [0.2, 0.25) is 0 Å². The molecule has 28 heavy (non-hydrogen) atoms. The second-order valence-electron chi connectivity index (χ2n) is 5.63. The number of anilines is 1. The normalized spacial score (nSPS) is 11.2. The number of nitrogens with zero attached hydrogens (tertiary/aromatic N) is 1. The van der Waals surface area contributed by atoms with E-state index in [9.17, 15) is 24.5 Å². The Morgan fingerprint density at radius 1 is 1.14 bits per heavy atom. The maximum absolute atomic E-state index is 12.0. The largest absolute Gasteiger partial charge is 0.454 e. The molecule has 0 radical (unpaired) electrons. The van der Waals surface area contributed by atoms with Crippen molar-refractivity contribution >= 4 is 40.8 Å². The van der Waals surface area contributed by atoms with Crippen LogP contribution in [0.4, 0.5) is 11.4 Å². The lowest BCUT2D eigenvalue weighted by molar-refractivity contribution is -0.383. The number of benzene rings is 2. The van der Waals surface area contributed by atoms with E-state index in [0.29, 0.717) is 10.6 Å². The van der Waals surface area contributed by atoms with Gasteiger partial charge in [0.25, 0.3) is 17.5 Å². The van der Waals surface area contributed by atoms with Crippen LogP contribution >= 0.6 is 11.6 Å². The van der Waals surface area contributed by atoms with Gasteiger partial charge in [-0.25, -0.2) is 4.79 Å². The lowest BCUT2D eigenvalue weighted by atomic mass is 10.2. The van der Waals surface area contributed by atoms with Crippen LogP contribution in [-0.4, -0.2) is 35.4 Å². The van der Waals surface area contributed by atoms with E-state index in [0.717, 1.165) is 0 Å². The summed E-state index contributed by atoms with van der Waals surface area (Å²) in [4.78, 5) is 46.2. The first kappa shape index (κ1) is 20.8. The number of amides is 2. The summed E-state index contributed by atoms with van der Waals surface area (Å²) in [5.74, 6) is -2.09. The third-order valence-corrected chi connectivity index (χ3v) is 3.78. The maximum Gasteiger partial charge on any atom is 0.328 e. The highest BCUT2D eigenvalue weighted by Gasteiger charge is 2.20. The van der Waals surface area contributed by atoms with E-state index >= 15 is 0 Å². The first-order valence-corrected chi connectivity index (χ1v) is 8.42. The lowest BCUT2D eigenvalue weighted by Gasteiger charge is -2.13. The molecule has 2 rings (SSSR count). The van der Waals surface area contributed by atoms with Gasteiger partial charge in [0.15, 0.2) is 6.61 Å². The Hall–Kier alpha value is -3.46. The fourth-order valence-electron chi connectivity index (χ4n) is 2.13. The summed E-state index contributed by atoms with van der Waals surface area (Å²) >= 11 is 5.75. The standard InChI is InChI=1S/C18H16ClN3O6/c1-11(20-17(24)12-6-8-13(19)9-7-12)18(25)28-10-16(23)21-14-4-2-3-5-15(14)22(26)27/h2-9,11H,10H2,1H3,(H,20,24)(H,21,23)/t11-/m0/s1. The molecule has 2 aromatic carbocycles. The Balaban J connectivity index is 1.85. The molecule has 0 unspecified atom stereocenters. The molecule has 2 amide bonds. The molecule has 0 aromatic heterocycles. The number of carbonyl (C=O) groups excluding carboxylic acids is 3. The molecule has 0 saturated heterocycles. The Bertz CT molecular complexity index is 900. The van der Waals surface area contributed by atoms with Crippen LogP contribution in [0, 0.1) is 10.1 Å². The minimum absolute atomic E-state index is 0.0161. The number of nitrogens with one attached hydrogen (secondary N) is 2. The highest BCUT2D eigenvalue weighted by molar-refractivity contribution is 6.30. The SMILES string of the molecule is C[C@H](NC(=O)c1ccc(Cl)cc1)C(=O)OCC(=O)Nc1ccccc1[N+](=O)[O-]. The van der Waals surface area contributed by atoms with Crippen LogP contribution in [0.25, 0.3) is 0 Å². The highest BCUT2D eigenvalue weighted by atomic mass is 35.5. The van der Waals surface area contributed by atoms with Gasteiger partial charge in [-0.05, 0) is 37.3 Å². The topological polar surface area (TPSA) is 128 Å². The zero-order valence-corrected chi connectivity index (χ0v) is 15.4. The fraction of sp³-hybridized carbons (Fsp3) is 0.167. The molecule has 0 bridgehead atoms. The fourth-order valence-corrected chi connectivity index (χ4v) is 2.25. The summed E-state index contributed by atoms with van der Waals surface area (Å²) in [6, 6.07) is 10.6. The zero-order valence-electron chi connectivity index (χ0n) is 14.7. The van der Waals surface area contributed by atoms with Gasteiger partial charge in [-0.1, -0.05) is 23.7 Å². The van der Waals surface area contributed by atoms with Crippen molar-refractivity contribution < 1.29 is 24.0 Å². The Kier molecular flexibility index (Phi) is 7.05. The molecule has 146 valence electrons. The minimum Gasteiger partial charge on any atom is -0.454 e. The molecule has 9 nitrogen and oxygen atoms in total. The van der Waals surface area contributed by atoms with E-state index in [1.807, 2.05) is 0 Å². The number of nitro benzene ring substituents is 1. The average molecular weight is 406 g/mol. The predicted octanol–water partition coefficient (Wildman–Crippen LogP) is 2.55. The van der Waals surface area contributed by atoms with E-state index < -0.39 is 35.4 Å². The van der Waals surface area contributed by atoms with Crippen molar-refractivity contribution in [3.63, 3.8) is 0 Å². The summed E-state index contributed by atoms with van der Waals surface area (Å²) in [6.45, 7) is 0.738. The number of nitro groups is 1. The maximum atomic E-state index is 12.0. The smallest absolute Gasteiger partial charge is 0.328 e. The predicted molar refractivity (Wildman–Crippen MR) is 101 cm³/mol. The van der Waals surface area contributed by atoms with Gasteiger partial charge in [0.1, 0.15) is 11.7 Å². The van der Waals surface area contributed by atoms with E-state index in [1.165, 1.54) is 55.5 Å². The quantitative estimate of drug-likeness (QED) is 0.414. The number of para-hydroxylation sites is 2. The molecule has 10 heteroatoms. The molecule has 1 atom stereocenters. The summed E-state index contributed by atoms with van der Waals surface area (Å²) in [6.07, 6.45) is 0. The number of halogens is 1. The molecular weight excluding hydrogens is 390 g/mol. The van der Waals surface area contributed by atoms with Gasteiger partial charge in [-0.3, -0.25) is 19.7 Å². The van der Waals surface area contributed by atoms with E-state index in [2.05, 4.69) is 10.6 Å². The van der Waals surface area contributed by atoms with Crippen molar-refractivity contribution in [2.45, 2.75) is 13.0 Å². The van der Waals surface area contributed by atoms with Gasteiger partial charge in [-0.15, -0.1) is 0 Å². The van der Waals surface area contributed by atoms with Crippen LogP contribution in [0.5, 0.6) is 0 Å². The number of rotatable bonds is 7. The van der Waals surface area contributed by atoms with Gasteiger partial charge in [0.05, 0.1) is 4.92 Å². The molecule has 0 spiro atoms. The van der Waals surface area contributed by atoms with E-state index in [4.69, 9.17) is 16.3 Å². The van der Waals surface area contributed by atoms with Crippen molar-refractivity contribution in [1.82, 2.24) is 5.32 Å². The first-order chi connectivity index (χ1) is 13.3. The minimum atomic E-state index is -1.01. The van der Waals surface area contributed by atoms with Crippen LogP contribution in [0.15, 0.2) is 48.5 Å². The number of esters is 1. The molecule has 0 aliphatic heterocycles. The van der Waals surface area contributed by atoms with Crippen molar-refractivity contribution in [2.24, 2.45) is 0 Å². The van der Waals surface area contributed by atoms with Gasteiger partial charge in [0, 0.05) is 16.7 Å². The number of ether oxygens (including phenoxy) is 1. The Morgan fingerprint density at radius 3 is 2.43 bits per heavy atom. The second kappa shape index (κ2) is 9.47. The molecule has 2 N–H and O–H groups in total. The van der Waals surface area contributed by atoms with Crippen LogP contribution in [0.2, 0.25) is 5.02 Å². The molecule has 0 fully saturated rings. The molecule has 0 aliphatic carbocycles. The number of carbonyl (C=O) groups is 3. The zero-order chi connectivity index (χ0) is 20.7. The number of hydrogen-bond acceptors (Lipinski definition) is 6. The van der Waals surface area contributed by atoms with Gasteiger partial charge in [-0.2, -0.15) is 0 Å². The molecular formula is C18H16ClN3O6. The van der Waals surface area contributed by atoms with Crippen molar-refractivity contribution in [3.8, 4) is 0 Å². The lowest BCUT2D eigenvalue weighted by Crippen LogP contribution is -2.40. The van der Waals surface area contributed by atoms with Gasteiger partial charge >= 0.3 is 5.97 Å². The third-order valence-electron chi connectivity index (χ3n) is 3.53. The van der Waals surface area contributed by atoms with Crippen LogP contribution in [0.1, 0.15) is 17.3 Å². The van der Waals surface area contributed by atoms with Crippen molar-refractivity contribution in [2.75, 3.05) is 11.9 Å². The Morgan fingerprint density at radius 2 is 1.79 bits per heavy atom. The summed E-state index contributed by atoms with van der Waals surface area (Å²) < 4.78 is 4.84. The second-order valence-corrected chi connectivity index (χ2v) is 6.07. The summed E-state index contributed by atoms with van der Waals surface area (Å²) in [5.41, 5.74) is 0.00147. The molecule has 0 saturated carbocycles. The van der Waals surface area contributed by atoms with Crippen LogP contribution < -0.4 is 10.6 Å². The monoisotopic (exact) mass is 405 g/mol. The number of hydrogen-bond donors (Lipinski definition) is 2.